The summed E-state index contributed by atoms with van der Waals surface area (Å²) in [5, 5.41) is 15.5. The fourth-order valence-corrected chi connectivity index (χ4v) is 3.13. The second kappa shape index (κ2) is 4.60. The van der Waals surface area contributed by atoms with Crippen molar-refractivity contribution >= 4 is 5.95 Å². The van der Waals surface area contributed by atoms with Gasteiger partial charge in [0.15, 0.2) is 0 Å². The summed E-state index contributed by atoms with van der Waals surface area (Å²) in [5.74, 6) is 0.920. The van der Waals surface area contributed by atoms with Gasteiger partial charge in [0.2, 0.25) is 5.95 Å². The molecular weight excluding hydrogens is 216 g/mol. The lowest BCUT2D eigenvalue weighted by Crippen LogP contribution is -2.51. The number of anilines is 1. The number of rotatable bonds is 2. The number of nitrogens with one attached hydrogen (secondary N) is 1. The van der Waals surface area contributed by atoms with Gasteiger partial charge in [0, 0.05) is 25.7 Å². The number of nitrogens with zero attached hydrogens (tertiary/aromatic N) is 5. The van der Waals surface area contributed by atoms with Crippen LogP contribution in [0.1, 0.15) is 32.1 Å². The molecule has 2 fully saturated rings. The number of tetrazole rings is 1. The first-order chi connectivity index (χ1) is 8.36. The molecule has 1 aromatic heterocycles. The van der Waals surface area contributed by atoms with Crippen molar-refractivity contribution in [1.82, 2.24) is 25.5 Å². The molecule has 0 radical (unpaired) electrons. The zero-order chi connectivity index (χ0) is 11.7. The lowest BCUT2D eigenvalue weighted by molar-refractivity contribution is 0.370. The van der Waals surface area contributed by atoms with Gasteiger partial charge in [-0.2, -0.15) is 0 Å². The maximum absolute atomic E-state index is 4.16. The monoisotopic (exact) mass is 236 g/mol. The molecule has 94 valence electrons. The molecular formula is C11H20N6. The summed E-state index contributed by atoms with van der Waals surface area (Å²) in [6.07, 6.45) is 6.41. The SMILES string of the molecule is Cn1nnnc1N1CCCCC1C1CCCN1. The fraction of sp³-hybridized carbons (Fsp3) is 0.909. The molecule has 1 N–H and O–H groups in total. The van der Waals surface area contributed by atoms with E-state index in [1.54, 1.807) is 4.68 Å². The molecule has 0 spiro atoms. The Morgan fingerprint density at radius 3 is 2.88 bits per heavy atom. The summed E-state index contributed by atoms with van der Waals surface area (Å²) >= 11 is 0. The summed E-state index contributed by atoms with van der Waals surface area (Å²) in [4.78, 5) is 2.40. The summed E-state index contributed by atoms with van der Waals surface area (Å²) in [6, 6.07) is 1.18. The first kappa shape index (κ1) is 11.0. The normalized spacial score (nSPS) is 29.8. The van der Waals surface area contributed by atoms with Gasteiger partial charge < -0.3 is 10.2 Å². The molecule has 3 heterocycles. The van der Waals surface area contributed by atoms with E-state index in [0.29, 0.717) is 12.1 Å². The molecule has 2 atom stereocenters. The van der Waals surface area contributed by atoms with Crippen molar-refractivity contribution < 1.29 is 0 Å². The van der Waals surface area contributed by atoms with Crippen LogP contribution in [0.3, 0.4) is 0 Å². The lowest BCUT2D eigenvalue weighted by Gasteiger charge is -2.39. The number of piperidine rings is 1. The van der Waals surface area contributed by atoms with Crippen LogP contribution in [0.2, 0.25) is 0 Å². The van der Waals surface area contributed by atoms with Gasteiger partial charge in [0.25, 0.3) is 0 Å². The van der Waals surface area contributed by atoms with Gasteiger partial charge in [0.1, 0.15) is 0 Å². The Labute approximate surface area is 101 Å². The van der Waals surface area contributed by atoms with Crippen LogP contribution in [0.4, 0.5) is 5.95 Å². The molecule has 1 aromatic rings. The van der Waals surface area contributed by atoms with Crippen molar-refractivity contribution in [2.75, 3.05) is 18.0 Å². The maximum Gasteiger partial charge on any atom is 0.245 e. The average molecular weight is 236 g/mol. The summed E-state index contributed by atoms with van der Waals surface area (Å²) in [6.45, 7) is 2.24. The molecule has 0 amide bonds. The highest BCUT2D eigenvalue weighted by Gasteiger charge is 2.33. The van der Waals surface area contributed by atoms with Crippen LogP contribution in [-0.2, 0) is 7.05 Å². The van der Waals surface area contributed by atoms with Gasteiger partial charge >= 0.3 is 0 Å². The second-order valence-corrected chi connectivity index (χ2v) is 5.06. The molecule has 2 aliphatic rings. The Hall–Kier alpha value is -1.17. The highest BCUT2D eigenvalue weighted by Crippen LogP contribution is 2.27. The lowest BCUT2D eigenvalue weighted by atomic mass is 9.95. The molecule has 0 saturated carbocycles. The molecule has 3 rings (SSSR count). The van der Waals surface area contributed by atoms with E-state index < -0.39 is 0 Å². The molecule has 0 bridgehead atoms. The summed E-state index contributed by atoms with van der Waals surface area (Å²) in [7, 11) is 1.92. The van der Waals surface area contributed by atoms with Gasteiger partial charge in [-0.15, -0.1) is 0 Å². The molecule has 6 nitrogen and oxygen atoms in total. The van der Waals surface area contributed by atoms with Crippen molar-refractivity contribution in [2.45, 2.75) is 44.2 Å². The standard InChI is InChI=1S/C11H20N6/c1-16-11(13-14-15-16)17-8-3-2-6-10(17)9-5-4-7-12-9/h9-10,12H,2-8H2,1H3. The minimum Gasteiger partial charge on any atom is -0.335 e. The van der Waals surface area contributed by atoms with Gasteiger partial charge in [-0.3, -0.25) is 0 Å². The average Bonchev–Trinajstić information content (AvgIpc) is 3.00. The zero-order valence-corrected chi connectivity index (χ0v) is 10.3. The Kier molecular flexibility index (Phi) is 2.96. The zero-order valence-electron chi connectivity index (χ0n) is 10.3. The highest BCUT2D eigenvalue weighted by atomic mass is 15.6. The Morgan fingerprint density at radius 2 is 2.18 bits per heavy atom. The smallest absolute Gasteiger partial charge is 0.245 e. The van der Waals surface area contributed by atoms with Crippen molar-refractivity contribution in [1.29, 1.82) is 0 Å². The quantitative estimate of drug-likeness (QED) is 0.801. The molecule has 2 saturated heterocycles. The van der Waals surface area contributed by atoms with Crippen molar-refractivity contribution in [2.24, 2.45) is 7.05 Å². The van der Waals surface area contributed by atoms with Gasteiger partial charge in [-0.25, -0.2) is 4.68 Å². The number of hydrogen-bond donors (Lipinski definition) is 1. The van der Waals surface area contributed by atoms with Crippen molar-refractivity contribution in [3.63, 3.8) is 0 Å². The first-order valence-corrected chi connectivity index (χ1v) is 6.58. The predicted molar refractivity (Wildman–Crippen MR) is 64.8 cm³/mol. The summed E-state index contributed by atoms with van der Waals surface area (Å²) in [5.41, 5.74) is 0. The predicted octanol–water partition coefficient (Wildman–Crippen LogP) is 0.321. The van der Waals surface area contributed by atoms with E-state index in [-0.39, 0.29) is 0 Å². The van der Waals surface area contributed by atoms with Crippen LogP contribution >= 0.6 is 0 Å². The van der Waals surface area contributed by atoms with E-state index in [9.17, 15) is 0 Å². The number of aryl methyl sites for hydroxylation is 1. The third-order valence-electron chi connectivity index (χ3n) is 3.97. The fourth-order valence-electron chi connectivity index (χ4n) is 3.13. The number of hydrogen-bond acceptors (Lipinski definition) is 5. The van der Waals surface area contributed by atoms with Crippen LogP contribution in [-0.4, -0.2) is 45.4 Å². The third-order valence-corrected chi connectivity index (χ3v) is 3.97. The number of aromatic nitrogens is 4. The molecule has 0 aliphatic carbocycles. The second-order valence-electron chi connectivity index (χ2n) is 5.06. The van der Waals surface area contributed by atoms with Crippen LogP contribution in [0.15, 0.2) is 0 Å². The van der Waals surface area contributed by atoms with E-state index in [2.05, 4.69) is 25.7 Å². The van der Waals surface area contributed by atoms with E-state index in [0.717, 1.165) is 19.0 Å². The van der Waals surface area contributed by atoms with E-state index >= 15 is 0 Å². The molecule has 17 heavy (non-hydrogen) atoms. The van der Waals surface area contributed by atoms with Crippen LogP contribution < -0.4 is 10.2 Å². The van der Waals surface area contributed by atoms with E-state index in [4.69, 9.17) is 0 Å². The third kappa shape index (κ3) is 2.01. The van der Waals surface area contributed by atoms with Crippen LogP contribution in [0.25, 0.3) is 0 Å². The largest absolute Gasteiger partial charge is 0.335 e. The highest BCUT2D eigenvalue weighted by molar-refractivity contribution is 5.32. The van der Waals surface area contributed by atoms with E-state index in [1.807, 2.05) is 7.05 Å². The van der Waals surface area contributed by atoms with Crippen LogP contribution in [0.5, 0.6) is 0 Å². The topological polar surface area (TPSA) is 58.9 Å². The molecule has 2 aliphatic heterocycles. The first-order valence-electron chi connectivity index (χ1n) is 6.58. The molecule has 2 unspecified atom stereocenters. The minimum absolute atomic E-state index is 0.566. The van der Waals surface area contributed by atoms with Gasteiger partial charge in [-0.1, -0.05) is 5.10 Å². The Morgan fingerprint density at radius 1 is 1.24 bits per heavy atom. The van der Waals surface area contributed by atoms with Crippen molar-refractivity contribution in [3.8, 4) is 0 Å². The Bertz CT molecular complexity index is 370. The maximum atomic E-state index is 4.16. The van der Waals surface area contributed by atoms with Gasteiger partial charge in [-0.05, 0) is 49.1 Å². The van der Waals surface area contributed by atoms with E-state index in [1.165, 1.54) is 32.1 Å². The van der Waals surface area contributed by atoms with Gasteiger partial charge in [0.05, 0.1) is 0 Å². The molecule has 0 aromatic carbocycles. The Balaban J connectivity index is 1.82. The molecule has 6 heteroatoms. The van der Waals surface area contributed by atoms with Crippen molar-refractivity contribution in [3.05, 3.63) is 0 Å². The minimum atomic E-state index is 0.566. The summed E-state index contributed by atoms with van der Waals surface area (Å²) < 4.78 is 1.78. The van der Waals surface area contributed by atoms with Crippen LogP contribution in [0, 0.1) is 0 Å².